The Morgan fingerprint density at radius 2 is 2.00 bits per heavy atom. The molecule has 3 nitrogen and oxygen atoms in total. The summed E-state index contributed by atoms with van der Waals surface area (Å²) in [5, 5.41) is 0. The van der Waals surface area contributed by atoms with Crippen LogP contribution in [0, 0.1) is 11.8 Å². The Morgan fingerprint density at radius 1 is 1.29 bits per heavy atom. The molecular weight excluding hydrogens is 212 g/mol. The summed E-state index contributed by atoms with van der Waals surface area (Å²) in [6, 6.07) is -0.247. The first-order chi connectivity index (χ1) is 8.16. The molecule has 0 aromatic carbocycles. The van der Waals surface area contributed by atoms with Crippen molar-refractivity contribution in [2.75, 3.05) is 13.1 Å². The Labute approximate surface area is 105 Å². The molecule has 2 N–H and O–H groups in total. The molecule has 0 aromatic rings. The maximum Gasteiger partial charge on any atom is 0.239 e. The van der Waals surface area contributed by atoms with Crippen molar-refractivity contribution in [3.8, 4) is 0 Å². The molecule has 2 aliphatic rings. The van der Waals surface area contributed by atoms with Crippen LogP contribution in [-0.4, -0.2) is 29.9 Å². The zero-order valence-electron chi connectivity index (χ0n) is 11.0. The number of hydrogen-bond acceptors (Lipinski definition) is 2. The molecule has 0 aromatic heterocycles. The SMILES string of the molecule is CC1CCN(C(=O)C(N)CC2CCCCC2)C1. The summed E-state index contributed by atoms with van der Waals surface area (Å²) in [5.41, 5.74) is 6.08. The second-order valence-corrected chi connectivity index (χ2v) is 6.02. The van der Waals surface area contributed by atoms with E-state index in [9.17, 15) is 4.79 Å². The molecular formula is C14H26N2O. The van der Waals surface area contributed by atoms with Gasteiger partial charge in [0.2, 0.25) is 5.91 Å². The highest BCUT2D eigenvalue weighted by molar-refractivity contribution is 5.81. The number of likely N-dealkylation sites (tertiary alicyclic amines) is 1. The molecule has 0 bridgehead atoms. The van der Waals surface area contributed by atoms with E-state index in [0.717, 1.165) is 25.9 Å². The number of amides is 1. The van der Waals surface area contributed by atoms with Gasteiger partial charge in [-0.3, -0.25) is 4.79 Å². The first-order valence-corrected chi connectivity index (χ1v) is 7.21. The minimum atomic E-state index is -0.247. The van der Waals surface area contributed by atoms with Gasteiger partial charge in [0.25, 0.3) is 0 Å². The Bertz CT molecular complexity index is 261. The molecule has 1 heterocycles. The zero-order valence-corrected chi connectivity index (χ0v) is 11.0. The van der Waals surface area contributed by atoms with Crippen LogP contribution in [-0.2, 0) is 4.79 Å². The number of nitrogens with two attached hydrogens (primary N) is 1. The van der Waals surface area contributed by atoms with Crippen LogP contribution in [0.3, 0.4) is 0 Å². The van der Waals surface area contributed by atoms with Gasteiger partial charge in [-0.05, 0) is 24.7 Å². The predicted octanol–water partition coefficient (Wildman–Crippen LogP) is 2.15. The van der Waals surface area contributed by atoms with E-state index in [1.54, 1.807) is 0 Å². The van der Waals surface area contributed by atoms with E-state index in [-0.39, 0.29) is 11.9 Å². The van der Waals surface area contributed by atoms with Gasteiger partial charge in [0.15, 0.2) is 0 Å². The minimum absolute atomic E-state index is 0.194. The lowest BCUT2D eigenvalue weighted by Gasteiger charge is -2.26. The van der Waals surface area contributed by atoms with Crippen molar-refractivity contribution in [3.63, 3.8) is 0 Å². The average Bonchev–Trinajstić information content (AvgIpc) is 2.76. The summed E-state index contributed by atoms with van der Waals surface area (Å²) < 4.78 is 0. The van der Waals surface area contributed by atoms with Crippen molar-refractivity contribution in [1.82, 2.24) is 4.90 Å². The number of carbonyl (C=O) groups is 1. The van der Waals surface area contributed by atoms with Crippen molar-refractivity contribution in [2.24, 2.45) is 17.6 Å². The van der Waals surface area contributed by atoms with Crippen LogP contribution in [0.2, 0.25) is 0 Å². The van der Waals surface area contributed by atoms with Crippen molar-refractivity contribution in [1.29, 1.82) is 0 Å². The highest BCUT2D eigenvalue weighted by atomic mass is 16.2. The number of carbonyl (C=O) groups excluding carboxylic acids is 1. The molecule has 1 saturated heterocycles. The molecule has 2 atom stereocenters. The second-order valence-electron chi connectivity index (χ2n) is 6.02. The third-order valence-electron chi connectivity index (χ3n) is 4.36. The van der Waals surface area contributed by atoms with Crippen LogP contribution < -0.4 is 5.73 Å². The molecule has 0 radical (unpaired) electrons. The molecule has 2 fully saturated rings. The summed E-state index contributed by atoms with van der Waals surface area (Å²) >= 11 is 0. The monoisotopic (exact) mass is 238 g/mol. The molecule has 98 valence electrons. The van der Waals surface area contributed by atoms with Gasteiger partial charge in [0.05, 0.1) is 6.04 Å². The predicted molar refractivity (Wildman–Crippen MR) is 69.5 cm³/mol. The lowest BCUT2D eigenvalue weighted by atomic mass is 9.85. The molecule has 1 aliphatic heterocycles. The highest BCUT2D eigenvalue weighted by Crippen LogP contribution is 2.27. The number of rotatable bonds is 3. The van der Waals surface area contributed by atoms with Crippen LogP contribution in [0.15, 0.2) is 0 Å². The van der Waals surface area contributed by atoms with Gasteiger partial charge in [-0.2, -0.15) is 0 Å². The molecule has 2 unspecified atom stereocenters. The fourth-order valence-corrected chi connectivity index (χ4v) is 3.25. The molecule has 1 saturated carbocycles. The van der Waals surface area contributed by atoms with E-state index in [0.29, 0.717) is 11.8 Å². The maximum absolute atomic E-state index is 12.2. The second kappa shape index (κ2) is 5.85. The fourth-order valence-electron chi connectivity index (χ4n) is 3.25. The van der Waals surface area contributed by atoms with Crippen molar-refractivity contribution in [3.05, 3.63) is 0 Å². The lowest BCUT2D eigenvalue weighted by Crippen LogP contribution is -2.43. The van der Waals surface area contributed by atoms with Crippen molar-refractivity contribution in [2.45, 2.75) is 57.9 Å². The van der Waals surface area contributed by atoms with Crippen molar-refractivity contribution < 1.29 is 4.79 Å². The summed E-state index contributed by atoms with van der Waals surface area (Å²) in [4.78, 5) is 14.1. The van der Waals surface area contributed by atoms with Crippen LogP contribution in [0.25, 0.3) is 0 Å². The normalized spacial score (nSPS) is 28.4. The first-order valence-electron chi connectivity index (χ1n) is 7.21. The van der Waals surface area contributed by atoms with Crippen LogP contribution in [0.1, 0.15) is 51.9 Å². The molecule has 3 heteroatoms. The number of nitrogens with zero attached hydrogens (tertiary/aromatic N) is 1. The highest BCUT2D eigenvalue weighted by Gasteiger charge is 2.28. The summed E-state index contributed by atoms with van der Waals surface area (Å²) in [6.45, 7) is 4.04. The third-order valence-corrected chi connectivity index (χ3v) is 4.36. The smallest absolute Gasteiger partial charge is 0.239 e. The Kier molecular flexibility index (Phi) is 4.43. The summed E-state index contributed by atoms with van der Waals surface area (Å²) in [5.74, 6) is 1.54. The van der Waals surface area contributed by atoms with Gasteiger partial charge in [0, 0.05) is 13.1 Å². The average molecular weight is 238 g/mol. The van der Waals surface area contributed by atoms with E-state index >= 15 is 0 Å². The Hall–Kier alpha value is -0.570. The van der Waals surface area contributed by atoms with Gasteiger partial charge >= 0.3 is 0 Å². The van der Waals surface area contributed by atoms with Gasteiger partial charge in [-0.1, -0.05) is 39.0 Å². The topological polar surface area (TPSA) is 46.3 Å². The van der Waals surface area contributed by atoms with E-state index in [1.165, 1.54) is 32.1 Å². The van der Waals surface area contributed by atoms with Crippen molar-refractivity contribution >= 4 is 5.91 Å². The standard InChI is InChI=1S/C14H26N2O/c1-11-7-8-16(10-11)14(17)13(15)9-12-5-3-2-4-6-12/h11-13H,2-10,15H2,1H3. The largest absolute Gasteiger partial charge is 0.341 e. The molecule has 1 aliphatic carbocycles. The molecule has 1 amide bonds. The maximum atomic E-state index is 12.2. The molecule has 2 rings (SSSR count). The van der Waals surface area contributed by atoms with Crippen LogP contribution in [0.4, 0.5) is 0 Å². The first kappa shape index (κ1) is 12.9. The Morgan fingerprint density at radius 3 is 2.59 bits per heavy atom. The van der Waals surface area contributed by atoms with Gasteiger partial charge < -0.3 is 10.6 Å². The quantitative estimate of drug-likeness (QED) is 0.819. The third kappa shape index (κ3) is 3.44. The molecule has 0 spiro atoms. The van der Waals surface area contributed by atoms with E-state index in [1.807, 2.05) is 4.90 Å². The fraction of sp³-hybridized carbons (Fsp3) is 0.929. The van der Waals surface area contributed by atoms with Gasteiger partial charge in [-0.25, -0.2) is 0 Å². The van der Waals surface area contributed by atoms with E-state index in [2.05, 4.69) is 6.92 Å². The van der Waals surface area contributed by atoms with E-state index in [4.69, 9.17) is 5.73 Å². The zero-order chi connectivity index (χ0) is 12.3. The minimum Gasteiger partial charge on any atom is -0.341 e. The molecule has 17 heavy (non-hydrogen) atoms. The summed E-state index contributed by atoms with van der Waals surface area (Å²) in [6.07, 6.45) is 8.61. The Balaban J connectivity index is 1.78. The van der Waals surface area contributed by atoms with Gasteiger partial charge in [0.1, 0.15) is 0 Å². The van der Waals surface area contributed by atoms with Gasteiger partial charge in [-0.15, -0.1) is 0 Å². The van der Waals surface area contributed by atoms with E-state index < -0.39 is 0 Å². The number of hydrogen-bond donors (Lipinski definition) is 1. The summed E-state index contributed by atoms with van der Waals surface area (Å²) in [7, 11) is 0. The van der Waals surface area contributed by atoms with Crippen LogP contribution in [0.5, 0.6) is 0 Å². The lowest BCUT2D eigenvalue weighted by molar-refractivity contribution is -0.132. The van der Waals surface area contributed by atoms with Crippen LogP contribution >= 0.6 is 0 Å².